The summed E-state index contributed by atoms with van der Waals surface area (Å²) in [7, 11) is 0. The molecule has 1 aliphatic rings. The zero-order chi connectivity index (χ0) is 14.0. The molecular formula is C13H15N3O3. The number of hydrogen-bond donors (Lipinski definition) is 2. The molecule has 0 aliphatic carbocycles. The number of hydrogen-bond acceptors (Lipinski definition) is 4. The number of nitrogens with zero attached hydrogens (tertiary/aromatic N) is 1. The topological polar surface area (TPSA) is 106 Å². The quantitative estimate of drug-likeness (QED) is 0.732. The number of likely N-dealkylation sites (tertiary alicyclic amines) is 1. The molecule has 1 aromatic carbocycles. The number of nitrogens with two attached hydrogens (primary N) is 2. The van der Waals surface area contributed by atoms with Gasteiger partial charge in [-0.2, -0.15) is 0 Å². The Bertz CT molecular complexity index is 524. The van der Waals surface area contributed by atoms with Crippen LogP contribution in [-0.2, 0) is 16.1 Å². The molecule has 0 aromatic heterocycles. The van der Waals surface area contributed by atoms with Gasteiger partial charge in [-0.05, 0) is 24.1 Å². The predicted molar refractivity (Wildman–Crippen MR) is 67.7 cm³/mol. The number of carbonyl (C=O) groups is 3. The van der Waals surface area contributed by atoms with E-state index in [1.165, 1.54) is 0 Å². The SMILES string of the molecule is NC(=O)c1ccc(CN2C(=O)CCC(N)C2=O)cc1. The highest BCUT2D eigenvalue weighted by atomic mass is 16.2. The maximum Gasteiger partial charge on any atom is 0.248 e. The highest BCUT2D eigenvalue weighted by Crippen LogP contribution is 2.15. The monoisotopic (exact) mass is 261 g/mol. The molecule has 0 saturated carbocycles. The third-order valence-corrected chi connectivity index (χ3v) is 3.13. The van der Waals surface area contributed by atoms with Crippen molar-refractivity contribution in [3.8, 4) is 0 Å². The number of rotatable bonds is 3. The van der Waals surface area contributed by atoms with Gasteiger partial charge in [0.25, 0.3) is 0 Å². The van der Waals surface area contributed by atoms with E-state index < -0.39 is 11.9 Å². The second-order valence-corrected chi connectivity index (χ2v) is 4.52. The van der Waals surface area contributed by atoms with Crippen LogP contribution in [0.5, 0.6) is 0 Å². The number of piperidine rings is 1. The second kappa shape index (κ2) is 5.19. The van der Waals surface area contributed by atoms with Gasteiger partial charge in [-0.1, -0.05) is 12.1 Å². The Morgan fingerprint density at radius 2 is 1.89 bits per heavy atom. The summed E-state index contributed by atoms with van der Waals surface area (Å²) in [5.74, 6) is -1.08. The van der Waals surface area contributed by atoms with Crippen LogP contribution in [0.3, 0.4) is 0 Å². The van der Waals surface area contributed by atoms with E-state index in [0.717, 1.165) is 10.5 Å². The molecule has 1 fully saturated rings. The van der Waals surface area contributed by atoms with Crippen molar-refractivity contribution in [1.29, 1.82) is 0 Å². The molecule has 6 nitrogen and oxygen atoms in total. The smallest absolute Gasteiger partial charge is 0.248 e. The van der Waals surface area contributed by atoms with Crippen LogP contribution in [0.1, 0.15) is 28.8 Å². The van der Waals surface area contributed by atoms with E-state index in [1.807, 2.05) is 0 Å². The molecule has 0 bridgehead atoms. The normalized spacial score (nSPS) is 19.6. The zero-order valence-electron chi connectivity index (χ0n) is 10.3. The third kappa shape index (κ3) is 2.79. The standard InChI is InChI=1S/C13H15N3O3/c14-10-5-6-11(17)16(13(10)19)7-8-1-3-9(4-2-8)12(15)18/h1-4,10H,5-7,14H2,(H2,15,18). The van der Waals surface area contributed by atoms with Gasteiger partial charge >= 0.3 is 0 Å². The average Bonchev–Trinajstić information content (AvgIpc) is 2.40. The van der Waals surface area contributed by atoms with Crippen molar-refractivity contribution in [2.75, 3.05) is 0 Å². The van der Waals surface area contributed by atoms with E-state index in [9.17, 15) is 14.4 Å². The lowest BCUT2D eigenvalue weighted by molar-refractivity contribution is -0.149. The van der Waals surface area contributed by atoms with Crippen LogP contribution >= 0.6 is 0 Å². The summed E-state index contributed by atoms with van der Waals surface area (Å²) in [5.41, 5.74) is 11.9. The van der Waals surface area contributed by atoms with Crippen molar-refractivity contribution in [3.05, 3.63) is 35.4 Å². The first-order valence-corrected chi connectivity index (χ1v) is 5.97. The van der Waals surface area contributed by atoms with Crippen molar-refractivity contribution in [1.82, 2.24) is 4.90 Å². The van der Waals surface area contributed by atoms with Gasteiger partial charge in [-0.3, -0.25) is 19.3 Å². The average molecular weight is 261 g/mol. The Labute approximate surface area is 110 Å². The largest absolute Gasteiger partial charge is 0.366 e. The van der Waals surface area contributed by atoms with E-state index in [2.05, 4.69) is 0 Å². The molecule has 0 radical (unpaired) electrons. The summed E-state index contributed by atoms with van der Waals surface area (Å²) in [6.45, 7) is 0.171. The van der Waals surface area contributed by atoms with E-state index in [-0.39, 0.29) is 24.8 Å². The highest BCUT2D eigenvalue weighted by Gasteiger charge is 2.31. The molecule has 4 N–H and O–H groups in total. The number of primary amides is 1. The lowest BCUT2D eigenvalue weighted by atomic mass is 10.0. The van der Waals surface area contributed by atoms with Crippen LogP contribution in [0.25, 0.3) is 0 Å². The zero-order valence-corrected chi connectivity index (χ0v) is 10.3. The summed E-state index contributed by atoms with van der Waals surface area (Å²) >= 11 is 0. The van der Waals surface area contributed by atoms with Crippen LogP contribution in [0, 0.1) is 0 Å². The van der Waals surface area contributed by atoms with Crippen molar-refractivity contribution in [2.45, 2.75) is 25.4 Å². The van der Waals surface area contributed by atoms with Crippen LogP contribution in [0.15, 0.2) is 24.3 Å². The Morgan fingerprint density at radius 3 is 2.47 bits per heavy atom. The summed E-state index contributed by atoms with van der Waals surface area (Å²) in [6, 6.07) is 5.86. The number of carbonyl (C=O) groups excluding carboxylic acids is 3. The molecule has 1 aromatic rings. The van der Waals surface area contributed by atoms with Crippen LogP contribution < -0.4 is 11.5 Å². The van der Waals surface area contributed by atoms with Gasteiger partial charge in [0, 0.05) is 12.0 Å². The Kier molecular flexibility index (Phi) is 3.62. The molecule has 1 heterocycles. The van der Waals surface area contributed by atoms with E-state index in [4.69, 9.17) is 11.5 Å². The molecule has 2 rings (SSSR count). The van der Waals surface area contributed by atoms with Gasteiger partial charge in [0.15, 0.2) is 0 Å². The maximum atomic E-state index is 11.8. The molecule has 3 amide bonds. The maximum absolute atomic E-state index is 11.8. The van der Waals surface area contributed by atoms with Gasteiger partial charge in [-0.15, -0.1) is 0 Å². The fourth-order valence-electron chi connectivity index (χ4n) is 1.98. The van der Waals surface area contributed by atoms with E-state index in [1.54, 1.807) is 24.3 Å². The summed E-state index contributed by atoms with van der Waals surface area (Å²) in [4.78, 5) is 35.6. The van der Waals surface area contributed by atoms with Gasteiger partial charge in [0.1, 0.15) is 0 Å². The fraction of sp³-hybridized carbons (Fsp3) is 0.308. The Hall–Kier alpha value is -2.21. The molecule has 1 saturated heterocycles. The summed E-state index contributed by atoms with van der Waals surface area (Å²) in [5, 5.41) is 0. The summed E-state index contributed by atoms with van der Waals surface area (Å²) < 4.78 is 0. The van der Waals surface area contributed by atoms with Crippen molar-refractivity contribution in [2.24, 2.45) is 11.5 Å². The lowest BCUT2D eigenvalue weighted by Crippen LogP contribution is -2.50. The molecule has 100 valence electrons. The molecule has 6 heteroatoms. The lowest BCUT2D eigenvalue weighted by Gasteiger charge is -2.28. The number of amides is 3. The van der Waals surface area contributed by atoms with Gasteiger partial charge < -0.3 is 11.5 Å². The number of imide groups is 1. The van der Waals surface area contributed by atoms with Crippen LogP contribution in [0.2, 0.25) is 0 Å². The molecule has 19 heavy (non-hydrogen) atoms. The van der Waals surface area contributed by atoms with E-state index in [0.29, 0.717) is 12.0 Å². The summed E-state index contributed by atoms with van der Waals surface area (Å²) in [6.07, 6.45) is 0.682. The van der Waals surface area contributed by atoms with Gasteiger partial charge in [0.2, 0.25) is 17.7 Å². The van der Waals surface area contributed by atoms with Gasteiger partial charge in [-0.25, -0.2) is 0 Å². The van der Waals surface area contributed by atoms with Crippen LogP contribution in [0.4, 0.5) is 0 Å². The fourth-order valence-corrected chi connectivity index (χ4v) is 1.98. The third-order valence-electron chi connectivity index (χ3n) is 3.13. The molecule has 1 aliphatic heterocycles. The van der Waals surface area contributed by atoms with Crippen molar-refractivity contribution >= 4 is 17.7 Å². The first kappa shape index (κ1) is 13.2. The predicted octanol–water partition coefficient (Wildman–Crippen LogP) is -0.238. The minimum atomic E-state index is -0.609. The van der Waals surface area contributed by atoms with Crippen LogP contribution in [-0.4, -0.2) is 28.7 Å². The molecule has 1 atom stereocenters. The highest BCUT2D eigenvalue weighted by molar-refractivity contribution is 6.00. The minimum Gasteiger partial charge on any atom is -0.366 e. The Balaban J connectivity index is 2.13. The van der Waals surface area contributed by atoms with Gasteiger partial charge in [0.05, 0.1) is 12.6 Å². The van der Waals surface area contributed by atoms with Crippen molar-refractivity contribution in [3.63, 3.8) is 0 Å². The number of benzene rings is 1. The van der Waals surface area contributed by atoms with Crippen molar-refractivity contribution < 1.29 is 14.4 Å². The minimum absolute atomic E-state index is 0.171. The Morgan fingerprint density at radius 1 is 1.26 bits per heavy atom. The molecular weight excluding hydrogens is 246 g/mol. The first-order valence-electron chi connectivity index (χ1n) is 5.97. The molecule has 1 unspecified atom stereocenters. The van der Waals surface area contributed by atoms with E-state index >= 15 is 0 Å². The second-order valence-electron chi connectivity index (χ2n) is 4.52. The molecule has 0 spiro atoms. The first-order chi connectivity index (χ1) is 8.99.